The number of hydrogen-bond donors (Lipinski definition) is 2. The predicted octanol–water partition coefficient (Wildman–Crippen LogP) is 3.74. The first kappa shape index (κ1) is 17.3. The molecular formula is C14H20F2N2O3. The molecule has 0 aliphatic rings. The number of halogens is 2. The first-order valence-corrected chi connectivity index (χ1v) is 6.65. The van der Waals surface area contributed by atoms with Gasteiger partial charge in [0.15, 0.2) is 0 Å². The fourth-order valence-electron chi connectivity index (χ4n) is 2.24. The second-order valence-electron chi connectivity index (χ2n) is 5.78. The second-order valence-corrected chi connectivity index (χ2v) is 5.78. The first-order chi connectivity index (χ1) is 9.62. The Morgan fingerprint density at radius 1 is 1.43 bits per heavy atom. The smallest absolute Gasteiger partial charge is 0.270 e. The lowest BCUT2D eigenvalue weighted by Crippen LogP contribution is -2.35. The van der Waals surface area contributed by atoms with Crippen LogP contribution in [0, 0.1) is 16.0 Å². The van der Waals surface area contributed by atoms with Crippen molar-refractivity contribution in [3.05, 3.63) is 33.9 Å². The summed E-state index contributed by atoms with van der Waals surface area (Å²) in [6, 6.07) is 3.25. The van der Waals surface area contributed by atoms with Crippen molar-refractivity contribution >= 4 is 11.4 Å². The molecule has 0 saturated carbocycles. The molecule has 0 fully saturated rings. The summed E-state index contributed by atoms with van der Waals surface area (Å²) >= 11 is 0. The van der Waals surface area contributed by atoms with Crippen molar-refractivity contribution in [3.63, 3.8) is 0 Å². The predicted molar refractivity (Wildman–Crippen MR) is 76.6 cm³/mol. The third-order valence-electron chi connectivity index (χ3n) is 2.99. The van der Waals surface area contributed by atoms with Gasteiger partial charge in [-0.05, 0) is 25.3 Å². The summed E-state index contributed by atoms with van der Waals surface area (Å²) in [5.74, 6) is 0.258. The van der Waals surface area contributed by atoms with Crippen LogP contribution in [0.4, 0.5) is 20.2 Å². The molecule has 0 bridgehead atoms. The van der Waals surface area contributed by atoms with E-state index in [0.29, 0.717) is 6.42 Å². The van der Waals surface area contributed by atoms with E-state index in [1.807, 2.05) is 13.8 Å². The lowest BCUT2D eigenvalue weighted by Gasteiger charge is -2.26. The van der Waals surface area contributed by atoms with Gasteiger partial charge < -0.3 is 10.4 Å². The third kappa shape index (κ3) is 5.26. The maximum Gasteiger partial charge on any atom is 0.270 e. The Labute approximate surface area is 122 Å². The molecule has 0 spiro atoms. The van der Waals surface area contributed by atoms with Crippen LogP contribution in [-0.4, -0.2) is 22.2 Å². The van der Waals surface area contributed by atoms with Crippen LogP contribution in [0.15, 0.2) is 18.2 Å². The molecule has 0 saturated heterocycles. The molecule has 1 aromatic rings. The Kier molecular flexibility index (Phi) is 5.60. The number of nitro groups is 1. The Bertz CT molecular complexity index is 505. The van der Waals surface area contributed by atoms with E-state index in [-0.39, 0.29) is 23.8 Å². The van der Waals surface area contributed by atoms with Crippen LogP contribution in [-0.2, 0) is 0 Å². The van der Waals surface area contributed by atoms with Gasteiger partial charge in [-0.1, -0.05) is 13.8 Å². The molecule has 0 aliphatic heterocycles. The standard InChI is InChI=1S/C14H20F2N2O3/c1-9(2)7-14(3,19)8-17-12-5-4-10(18(20)21)6-11(12)13(15)16/h4-6,9,13,17,19H,7-8H2,1-3H3. The molecule has 7 heteroatoms. The van der Waals surface area contributed by atoms with Crippen LogP contribution in [0.1, 0.15) is 39.2 Å². The normalized spacial score (nSPS) is 14.3. The van der Waals surface area contributed by atoms with Gasteiger partial charge in [0, 0.05) is 29.9 Å². The van der Waals surface area contributed by atoms with E-state index in [0.717, 1.165) is 12.1 Å². The Morgan fingerprint density at radius 2 is 2.05 bits per heavy atom. The number of nitrogens with zero attached hydrogens (tertiary/aromatic N) is 1. The van der Waals surface area contributed by atoms with Gasteiger partial charge in [0.05, 0.1) is 10.5 Å². The molecule has 0 heterocycles. The molecule has 1 atom stereocenters. The highest BCUT2D eigenvalue weighted by Crippen LogP contribution is 2.31. The fraction of sp³-hybridized carbons (Fsp3) is 0.571. The number of rotatable bonds is 7. The molecule has 118 valence electrons. The number of benzene rings is 1. The van der Waals surface area contributed by atoms with Gasteiger partial charge in [-0.15, -0.1) is 0 Å². The zero-order valence-corrected chi connectivity index (χ0v) is 12.3. The minimum absolute atomic E-state index is 0.0860. The van der Waals surface area contributed by atoms with E-state index in [1.54, 1.807) is 6.92 Å². The van der Waals surface area contributed by atoms with E-state index >= 15 is 0 Å². The average Bonchev–Trinajstić information content (AvgIpc) is 2.34. The molecule has 0 aliphatic carbocycles. The van der Waals surface area contributed by atoms with Crippen LogP contribution < -0.4 is 5.32 Å². The van der Waals surface area contributed by atoms with E-state index in [2.05, 4.69) is 5.32 Å². The van der Waals surface area contributed by atoms with Crippen molar-refractivity contribution in [1.82, 2.24) is 0 Å². The summed E-state index contributed by atoms with van der Waals surface area (Å²) in [5, 5.41) is 23.5. The molecule has 5 nitrogen and oxygen atoms in total. The number of nitrogens with one attached hydrogen (secondary N) is 1. The molecule has 0 aromatic heterocycles. The Balaban J connectivity index is 2.90. The fourth-order valence-corrected chi connectivity index (χ4v) is 2.24. The zero-order valence-electron chi connectivity index (χ0n) is 12.3. The lowest BCUT2D eigenvalue weighted by atomic mass is 9.94. The van der Waals surface area contributed by atoms with Gasteiger partial charge in [0.25, 0.3) is 12.1 Å². The monoisotopic (exact) mass is 302 g/mol. The maximum atomic E-state index is 13.0. The number of anilines is 1. The van der Waals surface area contributed by atoms with Crippen LogP contribution in [0.3, 0.4) is 0 Å². The molecule has 1 unspecified atom stereocenters. The zero-order chi connectivity index (χ0) is 16.2. The summed E-state index contributed by atoms with van der Waals surface area (Å²) in [7, 11) is 0. The number of alkyl halides is 2. The number of hydrogen-bond acceptors (Lipinski definition) is 4. The minimum Gasteiger partial charge on any atom is -0.388 e. The summed E-state index contributed by atoms with van der Waals surface area (Å²) in [6.45, 7) is 5.60. The van der Waals surface area contributed by atoms with Crippen molar-refractivity contribution in [2.45, 2.75) is 39.2 Å². The highest BCUT2D eigenvalue weighted by Gasteiger charge is 2.23. The Hall–Kier alpha value is -1.76. The minimum atomic E-state index is -2.83. The summed E-state index contributed by atoms with van der Waals surface area (Å²) in [5.41, 5.74) is -1.77. The van der Waals surface area contributed by atoms with Gasteiger partial charge in [-0.25, -0.2) is 8.78 Å². The number of non-ortho nitro benzene ring substituents is 1. The molecule has 0 amide bonds. The van der Waals surface area contributed by atoms with Crippen molar-refractivity contribution in [1.29, 1.82) is 0 Å². The summed E-state index contributed by atoms with van der Waals surface area (Å²) < 4.78 is 26.0. The Morgan fingerprint density at radius 3 is 2.52 bits per heavy atom. The van der Waals surface area contributed by atoms with Crippen molar-refractivity contribution in [2.24, 2.45) is 5.92 Å². The van der Waals surface area contributed by atoms with E-state index in [4.69, 9.17) is 0 Å². The largest absolute Gasteiger partial charge is 0.388 e. The van der Waals surface area contributed by atoms with Gasteiger partial charge in [0.2, 0.25) is 0 Å². The van der Waals surface area contributed by atoms with Crippen LogP contribution >= 0.6 is 0 Å². The van der Waals surface area contributed by atoms with Crippen LogP contribution in [0.25, 0.3) is 0 Å². The summed E-state index contributed by atoms with van der Waals surface area (Å²) in [6.07, 6.45) is -2.32. The van der Waals surface area contributed by atoms with E-state index < -0.39 is 22.5 Å². The molecule has 1 rings (SSSR count). The summed E-state index contributed by atoms with van der Waals surface area (Å²) in [4.78, 5) is 9.91. The molecule has 21 heavy (non-hydrogen) atoms. The van der Waals surface area contributed by atoms with E-state index in [9.17, 15) is 24.0 Å². The van der Waals surface area contributed by atoms with Gasteiger partial charge in [-0.2, -0.15) is 0 Å². The molecule has 2 N–H and O–H groups in total. The average molecular weight is 302 g/mol. The van der Waals surface area contributed by atoms with Gasteiger partial charge in [-0.3, -0.25) is 10.1 Å². The third-order valence-corrected chi connectivity index (χ3v) is 2.99. The SMILES string of the molecule is CC(C)CC(C)(O)CNc1ccc([N+](=O)[O-])cc1C(F)F. The highest BCUT2D eigenvalue weighted by atomic mass is 19.3. The highest BCUT2D eigenvalue weighted by molar-refractivity contribution is 5.56. The van der Waals surface area contributed by atoms with E-state index in [1.165, 1.54) is 6.07 Å². The lowest BCUT2D eigenvalue weighted by molar-refractivity contribution is -0.385. The van der Waals surface area contributed by atoms with Gasteiger partial charge >= 0.3 is 0 Å². The van der Waals surface area contributed by atoms with Crippen LogP contribution in [0.5, 0.6) is 0 Å². The van der Waals surface area contributed by atoms with Crippen molar-refractivity contribution < 1.29 is 18.8 Å². The number of aliphatic hydroxyl groups is 1. The van der Waals surface area contributed by atoms with Gasteiger partial charge in [0.1, 0.15) is 0 Å². The first-order valence-electron chi connectivity index (χ1n) is 6.65. The number of nitro benzene ring substituents is 1. The topological polar surface area (TPSA) is 75.4 Å². The molecular weight excluding hydrogens is 282 g/mol. The molecule has 0 radical (unpaired) electrons. The van der Waals surface area contributed by atoms with Crippen LogP contribution in [0.2, 0.25) is 0 Å². The maximum absolute atomic E-state index is 13.0. The second kappa shape index (κ2) is 6.80. The van der Waals surface area contributed by atoms with Crippen molar-refractivity contribution in [2.75, 3.05) is 11.9 Å². The quantitative estimate of drug-likeness (QED) is 0.594. The molecule has 1 aromatic carbocycles. The van der Waals surface area contributed by atoms with Crippen molar-refractivity contribution in [3.8, 4) is 0 Å².